The molecule has 0 spiro atoms. The lowest BCUT2D eigenvalue weighted by Gasteiger charge is -2.16. The largest absolute Gasteiger partial charge is 0.345 e. The first-order valence-electron chi connectivity index (χ1n) is 7.05. The minimum absolute atomic E-state index is 0.00430. The van der Waals surface area contributed by atoms with E-state index in [2.05, 4.69) is 10.3 Å². The lowest BCUT2D eigenvalue weighted by Crippen LogP contribution is -2.27. The second kappa shape index (κ2) is 5.75. The van der Waals surface area contributed by atoms with E-state index in [9.17, 15) is 4.79 Å². The van der Waals surface area contributed by atoms with Crippen LogP contribution in [-0.4, -0.2) is 10.9 Å². The van der Waals surface area contributed by atoms with Gasteiger partial charge >= 0.3 is 0 Å². The van der Waals surface area contributed by atoms with Crippen LogP contribution in [0.4, 0.5) is 0 Å². The van der Waals surface area contributed by atoms with E-state index in [4.69, 9.17) is 0 Å². The second-order valence-corrected chi connectivity index (χ2v) is 6.20. The van der Waals surface area contributed by atoms with Gasteiger partial charge in [-0.3, -0.25) is 9.78 Å². The number of amides is 1. The number of pyridine rings is 1. The number of nitrogens with zero attached hydrogens (tertiary/aromatic N) is 1. The van der Waals surface area contributed by atoms with Crippen molar-refractivity contribution in [2.75, 3.05) is 0 Å². The zero-order valence-corrected chi connectivity index (χ0v) is 12.4. The van der Waals surface area contributed by atoms with Gasteiger partial charge in [-0.2, -0.15) is 0 Å². The summed E-state index contributed by atoms with van der Waals surface area (Å²) in [6, 6.07) is 3.88. The molecule has 1 unspecified atom stereocenters. The molecule has 1 atom stereocenters. The van der Waals surface area contributed by atoms with Crippen LogP contribution >= 0.6 is 11.3 Å². The van der Waals surface area contributed by atoms with Crippen molar-refractivity contribution in [3.05, 3.63) is 51.5 Å². The number of carbonyl (C=O) groups is 1. The normalized spacial score (nSPS) is 15.4. The first-order chi connectivity index (χ1) is 9.75. The van der Waals surface area contributed by atoms with Crippen molar-refractivity contribution >= 4 is 17.2 Å². The average Bonchev–Trinajstić information content (AvgIpc) is 2.92. The molecule has 0 aliphatic heterocycles. The number of rotatable bonds is 3. The third kappa shape index (κ3) is 2.61. The summed E-state index contributed by atoms with van der Waals surface area (Å²) in [5.41, 5.74) is 3.24. The molecule has 0 saturated heterocycles. The maximum absolute atomic E-state index is 12.4. The Labute approximate surface area is 123 Å². The second-order valence-electron chi connectivity index (χ2n) is 5.23. The highest BCUT2D eigenvalue weighted by Gasteiger charge is 2.21. The van der Waals surface area contributed by atoms with Crippen molar-refractivity contribution in [3.63, 3.8) is 0 Å². The number of carbonyl (C=O) groups excluding carboxylic acids is 1. The van der Waals surface area contributed by atoms with Gasteiger partial charge in [0.05, 0.1) is 11.6 Å². The summed E-state index contributed by atoms with van der Waals surface area (Å²) < 4.78 is 0. The maximum Gasteiger partial charge on any atom is 0.252 e. The molecular formula is C16H18N2OS. The minimum atomic E-state index is 0.00430. The molecule has 1 N–H and O–H groups in total. The predicted molar refractivity (Wildman–Crippen MR) is 81.1 cm³/mol. The van der Waals surface area contributed by atoms with E-state index in [0.717, 1.165) is 24.0 Å². The van der Waals surface area contributed by atoms with Crippen LogP contribution in [-0.2, 0) is 12.8 Å². The number of aromatic nitrogens is 1. The van der Waals surface area contributed by atoms with Crippen LogP contribution in [0.5, 0.6) is 0 Å². The highest BCUT2D eigenvalue weighted by molar-refractivity contribution is 7.10. The van der Waals surface area contributed by atoms with Crippen molar-refractivity contribution in [1.29, 1.82) is 0 Å². The van der Waals surface area contributed by atoms with Gasteiger partial charge in [-0.25, -0.2) is 0 Å². The predicted octanol–water partition coefficient (Wildman–Crippen LogP) is 3.51. The lowest BCUT2D eigenvalue weighted by atomic mass is 9.95. The fraction of sp³-hybridized carbons (Fsp3) is 0.375. The molecule has 2 aromatic heterocycles. The van der Waals surface area contributed by atoms with Crippen LogP contribution < -0.4 is 5.32 Å². The molecule has 0 radical (unpaired) electrons. The van der Waals surface area contributed by atoms with E-state index < -0.39 is 0 Å². The number of aryl methyl sites for hydroxylation is 1. The molecule has 0 fully saturated rings. The van der Waals surface area contributed by atoms with Crippen molar-refractivity contribution in [2.45, 2.75) is 38.6 Å². The lowest BCUT2D eigenvalue weighted by molar-refractivity contribution is 0.0939. The summed E-state index contributed by atoms with van der Waals surface area (Å²) in [7, 11) is 0. The first kappa shape index (κ1) is 13.3. The maximum atomic E-state index is 12.4. The molecule has 20 heavy (non-hydrogen) atoms. The fourth-order valence-electron chi connectivity index (χ4n) is 2.69. The summed E-state index contributed by atoms with van der Waals surface area (Å²) in [4.78, 5) is 17.8. The Morgan fingerprint density at radius 2 is 2.05 bits per heavy atom. The average molecular weight is 286 g/mol. The molecule has 3 rings (SSSR count). The zero-order chi connectivity index (χ0) is 13.9. The van der Waals surface area contributed by atoms with Crippen molar-refractivity contribution < 1.29 is 4.79 Å². The van der Waals surface area contributed by atoms with Crippen molar-refractivity contribution in [3.8, 4) is 0 Å². The zero-order valence-electron chi connectivity index (χ0n) is 11.6. The van der Waals surface area contributed by atoms with Gasteiger partial charge in [-0.15, -0.1) is 11.3 Å². The Morgan fingerprint density at radius 3 is 2.85 bits per heavy atom. The third-order valence-corrected chi connectivity index (χ3v) is 4.95. The Balaban J connectivity index is 1.75. The van der Waals surface area contributed by atoms with Crippen LogP contribution in [0.1, 0.15) is 52.2 Å². The summed E-state index contributed by atoms with van der Waals surface area (Å²) in [5.74, 6) is 0.0497. The van der Waals surface area contributed by atoms with Crippen LogP contribution in [0.25, 0.3) is 0 Å². The number of hydrogen-bond donors (Lipinski definition) is 1. The van der Waals surface area contributed by atoms with Gasteiger partial charge < -0.3 is 5.32 Å². The molecule has 1 aliphatic rings. The van der Waals surface area contributed by atoms with Crippen LogP contribution in [0, 0.1) is 0 Å². The van der Waals surface area contributed by atoms with E-state index in [-0.39, 0.29) is 11.9 Å². The quantitative estimate of drug-likeness (QED) is 0.938. The number of fused-ring (bicyclic) bond motifs is 1. The van der Waals surface area contributed by atoms with Crippen LogP contribution in [0.2, 0.25) is 0 Å². The minimum Gasteiger partial charge on any atom is -0.345 e. The molecule has 4 heteroatoms. The molecule has 0 saturated carbocycles. The number of hydrogen-bond acceptors (Lipinski definition) is 3. The van der Waals surface area contributed by atoms with Gasteiger partial charge in [0.1, 0.15) is 0 Å². The number of nitrogens with one attached hydrogen (secondary N) is 1. The number of thiophene rings is 1. The molecule has 2 aromatic rings. The Morgan fingerprint density at radius 1 is 1.30 bits per heavy atom. The van der Waals surface area contributed by atoms with Gasteiger partial charge in [-0.1, -0.05) is 0 Å². The monoisotopic (exact) mass is 286 g/mol. The smallest absolute Gasteiger partial charge is 0.252 e. The molecular weight excluding hydrogens is 268 g/mol. The molecule has 0 bridgehead atoms. The van der Waals surface area contributed by atoms with Gasteiger partial charge in [0.2, 0.25) is 0 Å². The van der Waals surface area contributed by atoms with Crippen molar-refractivity contribution in [2.24, 2.45) is 0 Å². The Kier molecular flexibility index (Phi) is 3.83. The van der Waals surface area contributed by atoms with Gasteiger partial charge in [0.25, 0.3) is 5.91 Å². The molecule has 0 aromatic carbocycles. The first-order valence-corrected chi connectivity index (χ1v) is 7.93. The summed E-state index contributed by atoms with van der Waals surface area (Å²) >= 11 is 1.73. The topological polar surface area (TPSA) is 42.0 Å². The van der Waals surface area contributed by atoms with Crippen LogP contribution in [0.3, 0.4) is 0 Å². The fourth-order valence-corrected chi connectivity index (χ4v) is 3.82. The van der Waals surface area contributed by atoms with Crippen LogP contribution in [0.15, 0.2) is 29.9 Å². The molecule has 104 valence electrons. The Hall–Kier alpha value is -1.68. The summed E-state index contributed by atoms with van der Waals surface area (Å²) in [6.07, 6.45) is 8.14. The van der Waals surface area contributed by atoms with Gasteiger partial charge in [0, 0.05) is 22.7 Å². The van der Waals surface area contributed by atoms with E-state index >= 15 is 0 Å². The highest BCUT2D eigenvalue weighted by atomic mass is 32.1. The Bertz CT molecular complexity index is 606. The SMILES string of the molecule is CC(NC(=O)c1csc2c1CCCC2)c1ccncc1. The molecule has 1 aliphatic carbocycles. The van der Waals surface area contributed by atoms with Gasteiger partial charge in [0.15, 0.2) is 0 Å². The highest BCUT2D eigenvalue weighted by Crippen LogP contribution is 2.30. The molecule has 2 heterocycles. The van der Waals surface area contributed by atoms with E-state index in [1.165, 1.54) is 23.3 Å². The standard InChI is InChI=1S/C16H18N2OS/c1-11(12-6-8-17-9-7-12)18-16(19)14-10-20-15-5-3-2-4-13(14)15/h6-11H,2-5H2,1H3,(H,18,19). The molecule has 1 amide bonds. The summed E-state index contributed by atoms with van der Waals surface area (Å²) in [5, 5.41) is 5.11. The third-order valence-electron chi connectivity index (χ3n) is 3.86. The van der Waals surface area contributed by atoms with E-state index in [1.807, 2.05) is 24.4 Å². The molecule has 3 nitrogen and oxygen atoms in total. The van der Waals surface area contributed by atoms with Crippen molar-refractivity contribution in [1.82, 2.24) is 10.3 Å². The summed E-state index contributed by atoms with van der Waals surface area (Å²) in [6.45, 7) is 2.01. The van der Waals surface area contributed by atoms with E-state index in [0.29, 0.717) is 0 Å². The van der Waals surface area contributed by atoms with Gasteiger partial charge in [-0.05, 0) is 55.9 Å². The van der Waals surface area contributed by atoms with E-state index in [1.54, 1.807) is 23.7 Å².